The quantitative estimate of drug-likeness (QED) is 0.902. The molecule has 5 heteroatoms. The molecule has 0 aromatic heterocycles. The van der Waals surface area contributed by atoms with Crippen LogP contribution in [0.15, 0.2) is 18.2 Å². The Balaban J connectivity index is 1.89. The number of nitrogens with zero attached hydrogens (tertiary/aromatic N) is 2. The van der Waals surface area contributed by atoms with E-state index in [4.69, 9.17) is 5.26 Å². The van der Waals surface area contributed by atoms with Crippen molar-refractivity contribution in [3.8, 4) is 6.07 Å². The van der Waals surface area contributed by atoms with Gasteiger partial charge in [-0.05, 0) is 50.0 Å². The molecule has 0 radical (unpaired) electrons. The van der Waals surface area contributed by atoms with Crippen LogP contribution in [0.25, 0.3) is 0 Å². The smallest absolute Gasteiger partial charge is 0.222 e. The van der Waals surface area contributed by atoms with Gasteiger partial charge in [-0.2, -0.15) is 5.26 Å². The lowest BCUT2D eigenvalue weighted by atomic mass is 10.0. The molecule has 21 heavy (non-hydrogen) atoms. The van der Waals surface area contributed by atoms with Gasteiger partial charge in [0.15, 0.2) is 0 Å². The molecule has 1 unspecified atom stereocenters. The summed E-state index contributed by atoms with van der Waals surface area (Å²) in [6, 6.07) is 6.19. The Labute approximate surface area is 124 Å². The Hall–Kier alpha value is -1.93. The number of hydrogen-bond acceptors (Lipinski definition) is 3. The molecular formula is C16H20FN3O. The molecule has 1 aliphatic rings. The van der Waals surface area contributed by atoms with Gasteiger partial charge in [0.2, 0.25) is 5.91 Å². The number of hydrogen-bond donors (Lipinski definition) is 1. The first-order chi connectivity index (χ1) is 10.1. The molecule has 1 aromatic rings. The lowest BCUT2D eigenvalue weighted by molar-refractivity contribution is -0.130. The molecule has 0 aliphatic carbocycles. The number of halogens is 1. The first kappa shape index (κ1) is 15.5. The zero-order valence-electron chi connectivity index (χ0n) is 12.2. The predicted octanol–water partition coefficient (Wildman–Crippen LogP) is 2.05. The molecule has 1 N–H and O–H groups in total. The second-order valence-electron chi connectivity index (χ2n) is 5.57. The highest BCUT2D eigenvalue weighted by atomic mass is 19.1. The molecule has 1 atom stereocenters. The topological polar surface area (TPSA) is 56.1 Å². The molecule has 0 spiro atoms. The van der Waals surface area contributed by atoms with Crippen molar-refractivity contribution in [1.82, 2.24) is 10.2 Å². The number of benzene rings is 1. The number of rotatable bonds is 5. The molecule has 1 aliphatic heterocycles. The SMILES string of the molecule is CN(Cc1cc(C#N)ccc1F)C(=O)CCC1CCNC1. The van der Waals surface area contributed by atoms with Gasteiger partial charge >= 0.3 is 0 Å². The highest BCUT2D eigenvalue weighted by Gasteiger charge is 2.18. The van der Waals surface area contributed by atoms with Crippen LogP contribution in [0.5, 0.6) is 0 Å². The Morgan fingerprint density at radius 2 is 2.38 bits per heavy atom. The number of carbonyl (C=O) groups is 1. The van der Waals surface area contributed by atoms with Crippen LogP contribution in [0.1, 0.15) is 30.4 Å². The average molecular weight is 289 g/mol. The van der Waals surface area contributed by atoms with Crippen LogP contribution in [-0.2, 0) is 11.3 Å². The molecule has 2 rings (SSSR count). The Morgan fingerprint density at radius 1 is 1.57 bits per heavy atom. The maximum atomic E-state index is 13.7. The summed E-state index contributed by atoms with van der Waals surface area (Å²) >= 11 is 0. The van der Waals surface area contributed by atoms with E-state index in [2.05, 4.69) is 5.32 Å². The first-order valence-corrected chi connectivity index (χ1v) is 7.23. The summed E-state index contributed by atoms with van der Waals surface area (Å²) in [5, 5.41) is 12.1. The van der Waals surface area contributed by atoms with Crippen LogP contribution in [0, 0.1) is 23.1 Å². The van der Waals surface area contributed by atoms with Crippen molar-refractivity contribution in [2.24, 2.45) is 5.92 Å². The van der Waals surface area contributed by atoms with Gasteiger partial charge in [-0.25, -0.2) is 4.39 Å². The van der Waals surface area contributed by atoms with Gasteiger partial charge < -0.3 is 10.2 Å². The summed E-state index contributed by atoms with van der Waals surface area (Å²) in [6.45, 7) is 2.21. The van der Waals surface area contributed by atoms with Gasteiger partial charge in [0.25, 0.3) is 0 Å². The first-order valence-electron chi connectivity index (χ1n) is 7.23. The molecule has 1 heterocycles. The molecule has 0 saturated carbocycles. The van der Waals surface area contributed by atoms with Gasteiger partial charge in [-0.3, -0.25) is 4.79 Å². The number of nitrogens with one attached hydrogen (secondary N) is 1. The minimum absolute atomic E-state index is 0.0173. The molecule has 1 amide bonds. The predicted molar refractivity (Wildman–Crippen MR) is 77.8 cm³/mol. The maximum absolute atomic E-state index is 13.7. The van der Waals surface area contributed by atoms with E-state index in [0.29, 0.717) is 23.5 Å². The number of carbonyl (C=O) groups excluding carboxylic acids is 1. The summed E-state index contributed by atoms with van der Waals surface area (Å²) in [5.74, 6) is 0.207. The van der Waals surface area contributed by atoms with Crippen molar-refractivity contribution in [2.75, 3.05) is 20.1 Å². The summed E-state index contributed by atoms with van der Waals surface area (Å²) in [7, 11) is 1.67. The third kappa shape index (κ3) is 4.27. The number of nitriles is 1. The lowest BCUT2D eigenvalue weighted by Crippen LogP contribution is -2.27. The maximum Gasteiger partial charge on any atom is 0.222 e. The van der Waals surface area contributed by atoms with E-state index < -0.39 is 0 Å². The largest absolute Gasteiger partial charge is 0.341 e. The second kappa shape index (κ2) is 7.19. The van der Waals surface area contributed by atoms with Gasteiger partial charge in [-0.1, -0.05) is 0 Å². The van der Waals surface area contributed by atoms with Gasteiger partial charge in [0.1, 0.15) is 5.82 Å². The molecular weight excluding hydrogens is 269 g/mol. The Kier molecular flexibility index (Phi) is 5.29. The van der Waals surface area contributed by atoms with E-state index in [-0.39, 0.29) is 18.3 Å². The van der Waals surface area contributed by atoms with Crippen molar-refractivity contribution in [3.63, 3.8) is 0 Å². The highest BCUT2D eigenvalue weighted by molar-refractivity contribution is 5.75. The van der Waals surface area contributed by atoms with Crippen molar-refractivity contribution in [3.05, 3.63) is 35.1 Å². The minimum atomic E-state index is -0.381. The molecule has 112 valence electrons. The fraction of sp³-hybridized carbons (Fsp3) is 0.500. The van der Waals surface area contributed by atoms with E-state index >= 15 is 0 Å². The van der Waals surface area contributed by atoms with E-state index in [1.54, 1.807) is 7.05 Å². The second-order valence-corrected chi connectivity index (χ2v) is 5.57. The van der Waals surface area contributed by atoms with E-state index in [0.717, 1.165) is 25.9 Å². The molecule has 1 saturated heterocycles. The van der Waals surface area contributed by atoms with Crippen molar-refractivity contribution in [1.29, 1.82) is 5.26 Å². The van der Waals surface area contributed by atoms with Crippen LogP contribution >= 0.6 is 0 Å². The van der Waals surface area contributed by atoms with Crippen LogP contribution in [0.2, 0.25) is 0 Å². The Morgan fingerprint density at radius 3 is 3.05 bits per heavy atom. The van der Waals surface area contributed by atoms with Crippen molar-refractivity contribution >= 4 is 5.91 Å². The standard InChI is InChI=1S/C16H20FN3O/c1-20(16(21)5-3-12-6-7-19-10-12)11-14-8-13(9-18)2-4-15(14)17/h2,4,8,12,19H,3,5-7,10-11H2,1H3. The highest BCUT2D eigenvalue weighted by Crippen LogP contribution is 2.16. The third-order valence-electron chi connectivity index (χ3n) is 3.94. The van der Waals surface area contributed by atoms with Crippen molar-refractivity contribution in [2.45, 2.75) is 25.8 Å². The van der Waals surface area contributed by atoms with Crippen molar-refractivity contribution < 1.29 is 9.18 Å². The van der Waals surface area contributed by atoms with E-state index in [1.807, 2.05) is 6.07 Å². The van der Waals surface area contributed by atoms with Crippen LogP contribution in [0.3, 0.4) is 0 Å². The van der Waals surface area contributed by atoms with Gasteiger partial charge in [0, 0.05) is 25.6 Å². The van der Waals surface area contributed by atoms with Crippen LogP contribution in [0.4, 0.5) is 4.39 Å². The fourth-order valence-electron chi connectivity index (χ4n) is 2.59. The van der Waals surface area contributed by atoms with E-state index in [1.165, 1.54) is 23.1 Å². The summed E-state index contributed by atoms with van der Waals surface area (Å²) < 4.78 is 13.7. The monoisotopic (exact) mass is 289 g/mol. The van der Waals surface area contributed by atoms with Crippen LogP contribution in [-0.4, -0.2) is 30.9 Å². The average Bonchev–Trinajstić information content (AvgIpc) is 3.00. The summed E-state index contributed by atoms with van der Waals surface area (Å²) in [4.78, 5) is 13.6. The molecule has 1 aromatic carbocycles. The zero-order valence-corrected chi connectivity index (χ0v) is 12.2. The molecule has 0 bridgehead atoms. The van der Waals surface area contributed by atoms with Gasteiger partial charge in [0.05, 0.1) is 11.6 Å². The number of amides is 1. The third-order valence-corrected chi connectivity index (χ3v) is 3.94. The molecule has 4 nitrogen and oxygen atoms in total. The summed E-state index contributed by atoms with van der Waals surface area (Å²) in [5.41, 5.74) is 0.789. The lowest BCUT2D eigenvalue weighted by Gasteiger charge is -2.18. The van der Waals surface area contributed by atoms with Gasteiger partial charge in [-0.15, -0.1) is 0 Å². The molecule has 1 fully saturated rings. The fourth-order valence-corrected chi connectivity index (χ4v) is 2.59. The van der Waals surface area contributed by atoms with E-state index in [9.17, 15) is 9.18 Å². The van der Waals surface area contributed by atoms with Crippen LogP contribution < -0.4 is 5.32 Å². The zero-order chi connectivity index (χ0) is 15.2. The minimum Gasteiger partial charge on any atom is -0.341 e. The normalized spacial score (nSPS) is 17.5. The Bertz CT molecular complexity index is 547. The summed E-state index contributed by atoms with van der Waals surface area (Å²) in [6.07, 6.45) is 2.48.